The Hall–Kier alpha value is -5.27. The van der Waals surface area contributed by atoms with Gasteiger partial charge in [-0.15, -0.1) is 0 Å². The summed E-state index contributed by atoms with van der Waals surface area (Å²) in [5.74, 6) is -1.76. The van der Waals surface area contributed by atoms with Gasteiger partial charge in [-0.1, -0.05) is 91.0 Å². The number of ether oxygens (including phenoxy) is 4. The summed E-state index contributed by atoms with van der Waals surface area (Å²) in [4.78, 5) is 39.7. The van der Waals surface area contributed by atoms with Crippen molar-refractivity contribution in [2.75, 3.05) is 6.61 Å². The minimum atomic E-state index is -1.09. The molecule has 0 N–H and O–H groups in total. The molecule has 5 aromatic carbocycles. The number of hydrogen-bond donors (Lipinski definition) is 0. The van der Waals surface area contributed by atoms with E-state index in [0.717, 1.165) is 21.9 Å². The van der Waals surface area contributed by atoms with Crippen molar-refractivity contribution in [1.29, 1.82) is 0 Å². The largest absolute Gasteiger partial charge is 0.459 e. The smallest absolute Gasteiger partial charge is 0.338 e. The summed E-state index contributed by atoms with van der Waals surface area (Å²) < 4.78 is 24.4. The molecule has 0 saturated carbocycles. The topological polar surface area (TPSA) is 88.1 Å². The van der Waals surface area contributed by atoms with E-state index in [2.05, 4.69) is 0 Å². The summed E-state index contributed by atoms with van der Waals surface area (Å²) in [6.45, 7) is 1.78. The summed E-state index contributed by atoms with van der Waals surface area (Å²) in [7, 11) is 0. The Balaban J connectivity index is 1.39. The number of aryl methyl sites for hydroxylation is 1. The summed E-state index contributed by atoms with van der Waals surface area (Å²) in [6, 6.07) is 37.5. The number of fused-ring (bicyclic) bond motifs is 1. The first kappa shape index (κ1) is 28.8. The molecule has 5 aromatic rings. The van der Waals surface area contributed by atoms with E-state index in [1.807, 2.05) is 43.3 Å². The molecule has 0 aromatic heterocycles. The Morgan fingerprint density at radius 2 is 1.05 bits per heavy atom. The van der Waals surface area contributed by atoms with Crippen LogP contribution in [0.15, 0.2) is 127 Å². The van der Waals surface area contributed by atoms with E-state index in [-0.39, 0.29) is 6.61 Å². The Morgan fingerprint density at radius 3 is 1.61 bits per heavy atom. The maximum Gasteiger partial charge on any atom is 0.338 e. The molecule has 0 amide bonds. The average molecular weight is 587 g/mol. The predicted octanol–water partition coefficient (Wildman–Crippen LogP) is 6.90. The molecule has 1 fully saturated rings. The van der Waals surface area contributed by atoms with Gasteiger partial charge >= 0.3 is 17.9 Å². The normalized spacial score (nSPS) is 19.3. The molecule has 7 nitrogen and oxygen atoms in total. The van der Waals surface area contributed by atoms with Crippen LogP contribution in [0, 0.1) is 6.92 Å². The maximum absolute atomic E-state index is 13.5. The Bertz CT molecular complexity index is 1770. The van der Waals surface area contributed by atoms with Gasteiger partial charge in [0.15, 0.2) is 12.2 Å². The van der Waals surface area contributed by atoms with Gasteiger partial charge in [0.05, 0.1) is 16.7 Å². The third-order valence-electron chi connectivity index (χ3n) is 7.69. The molecule has 0 radical (unpaired) electrons. The first-order valence-electron chi connectivity index (χ1n) is 14.4. The zero-order chi connectivity index (χ0) is 30.5. The van der Waals surface area contributed by atoms with Crippen LogP contribution in [0.4, 0.5) is 0 Å². The van der Waals surface area contributed by atoms with Gasteiger partial charge in [0.25, 0.3) is 0 Å². The molecule has 1 saturated heterocycles. The lowest BCUT2D eigenvalue weighted by Crippen LogP contribution is -2.40. The molecule has 0 unspecified atom stereocenters. The van der Waals surface area contributed by atoms with Crippen LogP contribution in [0.2, 0.25) is 0 Å². The Morgan fingerprint density at radius 1 is 0.568 bits per heavy atom. The van der Waals surface area contributed by atoms with Crippen LogP contribution in [-0.4, -0.2) is 42.8 Å². The third kappa shape index (κ3) is 6.09. The highest BCUT2D eigenvalue weighted by molar-refractivity contribution is 5.92. The molecule has 0 bridgehead atoms. The standard InChI is InChI=1S/C37H30O7/c1-24-21-22-30(29-20-12-11-19-28(24)29)32-34(44-37(40)27-17-9-4-10-18-27)33(43-36(39)26-15-7-3-8-16-26)31(42-32)23-41-35(38)25-13-5-2-6-14-25/h2-22,31-34H,23H2,1H3/t31-,32-,33-,34+/m1/s1. The number of hydrogen-bond acceptors (Lipinski definition) is 7. The molecule has 7 heteroatoms. The fraction of sp³-hybridized carbons (Fsp3) is 0.162. The quantitative estimate of drug-likeness (QED) is 0.144. The Kier molecular flexibility index (Phi) is 8.48. The van der Waals surface area contributed by atoms with Crippen LogP contribution in [0.25, 0.3) is 10.8 Å². The molecule has 0 spiro atoms. The van der Waals surface area contributed by atoms with E-state index >= 15 is 0 Å². The molecular weight excluding hydrogens is 556 g/mol. The number of carbonyl (C=O) groups excluding carboxylic acids is 3. The van der Waals surface area contributed by atoms with Crippen molar-refractivity contribution in [3.05, 3.63) is 155 Å². The molecule has 4 atom stereocenters. The first-order valence-corrected chi connectivity index (χ1v) is 14.4. The molecule has 6 rings (SSSR count). The van der Waals surface area contributed by atoms with Crippen molar-refractivity contribution in [1.82, 2.24) is 0 Å². The highest BCUT2D eigenvalue weighted by Gasteiger charge is 2.51. The molecule has 1 heterocycles. The summed E-state index contributed by atoms with van der Waals surface area (Å²) in [5.41, 5.74) is 2.86. The third-order valence-corrected chi connectivity index (χ3v) is 7.69. The second-order valence-electron chi connectivity index (χ2n) is 10.5. The van der Waals surface area contributed by atoms with Crippen LogP contribution >= 0.6 is 0 Å². The first-order chi connectivity index (χ1) is 21.5. The lowest BCUT2D eigenvalue weighted by Gasteiger charge is -2.25. The minimum absolute atomic E-state index is 0.236. The number of esters is 3. The SMILES string of the molecule is Cc1ccc([C@H]2O[C@H](COC(=O)c3ccccc3)[C@@H](OC(=O)c3ccccc3)[C@H]2OC(=O)c2ccccc2)c2ccccc12. The van der Waals surface area contributed by atoms with Gasteiger partial charge in [-0.25, -0.2) is 14.4 Å². The van der Waals surface area contributed by atoms with Crippen LogP contribution in [0.5, 0.6) is 0 Å². The molecule has 1 aliphatic rings. The fourth-order valence-corrected chi connectivity index (χ4v) is 5.45. The lowest BCUT2D eigenvalue weighted by molar-refractivity contribution is -0.0449. The average Bonchev–Trinajstić information content (AvgIpc) is 3.40. The molecule has 1 aliphatic heterocycles. The summed E-state index contributed by atoms with van der Waals surface area (Å²) in [5, 5.41) is 1.92. The van der Waals surface area contributed by atoms with Crippen LogP contribution in [0.1, 0.15) is 48.3 Å². The van der Waals surface area contributed by atoms with Gasteiger partial charge in [-0.05, 0) is 65.2 Å². The summed E-state index contributed by atoms with van der Waals surface area (Å²) in [6.07, 6.45) is -3.91. The Labute approximate surface area is 255 Å². The molecule has 220 valence electrons. The van der Waals surface area contributed by atoms with Gasteiger partial charge < -0.3 is 18.9 Å². The van der Waals surface area contributed by atoms with Gasteiger partial charge in [0.1, 0.15) is 18.8 Å². The van der Waals surface area contributed by atoms with E-state index in [9.17, 15) is 14.4 Å². The highest BCUT2D eigenvalue weighted by Crippen LogP contribution is 2.41. The maximum atomic E-state index is 13.5. The van der Waals surface area contributed by atoms with Gasteiger partial charge in [-0.3, -0.25) is 0 Å². The molecular formula is C37H30O7. The van der Waals surface area contributed by atoms with Crippen LogP contribution in [-0.2, 0) is 18.9 Å². The van der Waals surface area contributed by atoms with Crippen molar-refractivity contribution in [3.8, 4) is 0 Å². The fourth-order valence-electron chi connectivity index (χ4n) is 5.45. The number of rotatable bonds is 8. The van der Waals surface area contributed by atoms with Crippen molar-refractivity contribution >= 4 is 28.7 Å². The van der Waals surface area contributed by atoms with Crippen molar-refractivity contribution in [3.63, 3.8) is 0 Å². The van der Waals surface area contributed by atoms with Gasteiger partial charge in [0.2, 0.25) is 0 Å². The zero-order valence-electron chi connectivity index (χ0n) is 24.0. The monoisotopic (exact) mass is 586 g/mol. The minimum Gasteiger partial charge on any atom is -0.459 e. The summed E-state index contributed by atoms with van der Waals surface area (Å²) >= 11 is 0. The van der Waals surface area contributed by atoms with E-state index in [0.29, 0.717) is 16.7 Å². The van der Waals surface area contributed by atoms with Gasteiger partial charge in [0, 0.05) is 0 Å². The highest BCUT2D eigenvalue weighted by atomic mass is 16.6. The second kappa shape index (κ2) is 12.9. The van der Waals surface area contributed by atoms with Crippen molar-refractivity contribution in [2.45, 2.75) is 31.3 Å². The molecule has 0 aliphatic carbocycles. The van der Waals surface area contributed by atoms with Crippen molar-refractivity contribution < 1.29 is 33.3 Å². The van der Waals surface area contributed by atoms with E-state index in [4.69, 9.17) is 18.9 Å². The predicted molar refractivity (Wildman–Crippen MR) is 164 cm³/mol. The van der Waals surface area contributed by atoms with E-state index in [1.54, 1.807) is 91.0 Å². The van der Waals surface area contributed by atoms with E-state index in [1.165, 1.54) is 0 Å². The number of benzene rings is 5. The van der Waals surface area contributed by atoms with E-state index < -0.39 is 42.3 Å². The van der Waals surface area contributed by atoms with Crippen LogP contribution in [0.3, 0.4) is 0 Å². The number of carbonyl (C=O) groups is 3. The second-order valence-corrected chi connectivity index (χ2v) is 10.5. The van der Waals surface area contributed by atoms with Gasteiger partial charge in [-0.2, -0.15) is 0 Å². The van der Waals surface area contributed by atoms with Crippen molar-refractivity contribution in [2.24, 2.45) is 0 Å². The van der Waals surface area contributed by atoms with Crippen LogP contribution < -0.4 is 0 Å². The zero-order valence-corrected chi connectivity index (χ0v) is 24.0. The lowest BCUT2D eigenvalue weighted by atomic mass is 9.93. The molecule has 44 heavy (non-hydrogen) atoms.